The number of hydrogen-bond donors (Lipinski definition) is 3. The lowest BCUT2D eigenvalue weighted by molar-refractivity contribution is 0.0959. The summed E-state index contributed by atoms with van der Waals surface area (Å²) in [6.07, 6.45) is 0.999. The van der Waals surface area contributed by atoms with Gasteiger partial charge in [-0.15, -0.1) is 0 Å². The molecular weight excluding hydrogens is 290 g/mol. The molecule has 1 saturated heterocycles. The molecule has 0 bridgehead atoms. The van der Waals surface area contributed by atoms with Gasteiger partial charge >= 0.3 is 12.1 Å². The topological polar surface area (TPSA) is 116 Å². The van der Waals surface area contributed by atoms with E-state index in [2.05, 4.69) is 20.8 Å². The second-order valence-electron chi connectivity index (χ2n) is 4.87. The Balaban J connectivity index is 1.75. The summed E-state index contributed by atoms with van der Waals surface area (Å²) < 4.78 is 4.94. The van der Waals surface area contributed by atoms with Gasteiger partial charge in [-0.1, -0.05) is 0 Å². The lowest BCUT2D eigenvalue weighted by atomic mass is 10.1. The van der Waals surface area contributed by atoms with Crippen molar-refractivity contribution < 1.29 is 14.3 Å². The maximum atomic E-state index is 11.8. The van der Waals surface area contributed by atoms with Crippen molar-refractivity contribution in [2.45, 2.75) is 25.8 Å². The Kier molecular flexibility index (Phi) is 5.34. The second-order valence-corrected chi connectivity index (χ2v) is 4.87. The molecule has 120 valence electrons. The summed E-state index contributed by atoms with van der Waals surface area (Å²) in [6, 6.07) is 2.28. The minimum atomic E-state index is -0.394. The summed E-state index contributed by atoms with van der Waals surface area (Å²) in [5, 5.41) is 11.3. The predicted octanol–water partition coefficient (Wildman–Crippen LogP) is 0.512. The number of hydrogen-bond acceptors (Lipinski definition) is 5. The summed E-state index contributed by atoms with van der Waals surface area (Å²) in [7, 11) is 0. The van der Waals surface area contributed by atoms with Gasteiger partial charge in [-0.05, 0) is 25.8 Å². The van der Waals surface area contributed by atoms with Crippen LogP contribution in [0.4, 0.5) is 15.4 Å². The van der Waals surface area contributed by atoms with Crippen LogP contribution in [0, 0.1) is 0 Å². The van der Waals surface area contributed by atoms with E-state index in [0.717, 1.165) is 0 Å². The van der Waals surface area contributed by atoms with Gasteiger partial charge in [-0.25, -0.2) is 14.7 Å². The maximum absolute atomic E-state index is 11.8. The highest BCUT2D eigenvalue weighted by Crippen LogP contribution is 2.11. The first-order valence-corrected chi connectivity index (χ1v) is 7.13. The molecule has 0 unspecified atom stereocenters. The largest absolute Gasteiger partial charge is 0.450 e. The van der Waals surface area contributed by atoms with Crippen molar-refractivity contribution >= 4 is 17.9 Å². The third-order valence-corrected chi connectivity index (χ3v) is 3.28. The molecule has 1 aliphatic rings. The zero-order chi connectivity index (χ0) is 15.9. The second kappa shape index (κ2) is 7.43. The molecular formula is C13H19N5O4. The Hall–Kier alpha value is -2.58. The molecule has 0 atom stereocenters. The van der Waals surface area contributed by atoms with Crippen LogP contribution >= 0.6 is 0 Å². The number of aromatic amines is 1. The highest BCUT2D eigenvalue weighted by molar-refractivity contribution is 5.88. The Morgan fingerprint density at radius 3 is 2.73 bits per heavy atom. The Labute approximate surface area is 127 Å². The smallest absolute Gasteiger partial charge is 0.409 e. The molecule has 0 aliphatic carbocycles. The fourth-order valence-electron chi connectivity index (χ4n) is 2.17. The van der Waals surface area contributed by atoms with E-state index < -0.39 is 6.03 Å². The normalized spacial score (nSPS) is 15.2. The monoisotopic (exact) mass is 309 g/mol. The van der Waals surface area contributed by atoms with Crippen molar-refractivity contribution in [3.63, 3.8) is 0 Å². The van der Waals surface area contributed by atoms with E-state index in [-0.39, 0.29) is 23.5 Å². The number of ether oxygens (including phenoxy) is 1. The number of rotatable bonds is 3. The fraction of sp³-hybridized carbons (Fsp3) is 0.538. The fourth-order valence-corrected chi connectivity index (χ4v) is 2.17. The van der Waals surface area contributed by atoms with E-state index in [4.69, 9.17) is 4.74 Å². The molecule has 9 nitrogen and oxygen atoms in total. The minimum Gasteiger partial charge on any atom is -0.450 e. The van der Waals surface area contributed by atoms with Gasteiger partial charge in [-0.2, -0.15) is 5.10 Å². The van der Waals surface area contributed by atoms with Crippen LogP contribution in [0.5, 0.6) is 0 Å². The van der Waals surface area contributed by atoms with Crippen molar-refractivity contribution in [3.8, 4) is 0 Å². The van der Waals surface area contributed by atoms with Gasteiger partial charge < -0.3 is 15.0 Å². The number of H-pyrrole nitrogens is 1. The summed E-state index contributed by atoms with van der Waals surface area (Å²) >= 11 is 0. The minimum absolute atomic E-state index is 0.0200. The quantitative estimate of drug-likeness (QED) is 0.752. The molecule has 0 saturated carbocycles. The molecule has 3 amide bonds. The molecule has 1 aromatic heterocycles. The number of amides is 3. The number of carbonyl (C=O) groups is 2. The molecule has 22 heavy (non-hydrogen) atoms. The Bertz CT molecular complexity index is 560. The highest BCUT2D eigenvalue weighted by atomic mass is 16.6. The van der Waals surface area contributed by atoms with Crippen LogP contribution in [0.15, 0.2) is 16.9 Å². The van der Waals surface area contributed by atoms with Gasteiger partial charge in [0.1, 0.15) is 0 Å². The molecule has 2 rings (SSSR count). The van der Waals surface area contributed by atoms with E-state index in [1.165, 1.54) is 12.1 Å². The van der Waals surface area contributed by atoms with E-state index in [1.807, 2.05) is 0 Å². The zero-order valence-corrected chi connectivity index (χ0v) is 12.3. The number of anilines is 1. The van der Waals surface area contributed by atoms with Crippen molar-refractivity contribution in [1.82, 2.24) is 20.4 Å². The molecule has 3 N–H and O–H groups in total. The van der Waals surface area contributed by atoms with Crippen molar-refractivity contribution in [2.24, 2.45) is 0 Å². The van der Waals surface area contributed by atoms with Crippen LogP contribution in [0.25, 0.3) is 0 Å². The van der Waals surface area contributed by atoms with Gasteiger partial charge in [0.25, 0.3) is 5.56 Å². The molecule has 0 aromatic carbocycles. The molecule has 1 aliphatic heterocycles. The van der Waals surface area contributed by atoms with Crippen LogP contribution in [-0.4, -0.2) is 53.0 Å². The standard InChI is InChI=1S/C13H19N5O4/c1-2-22-13(21)18-7-5-9(6-8-18)14-12(20)15-10-3-4-11(19)17-16-10/h3-4,9H,2,5-8H2,1H3,(H,17,19)(H2,14,15,16,20). The third-order valence-electron chi connectivity index (χ3n) is 3.28. The average molecular weight is 309 g/mol. The maximum Gasteiger partial charge on any atom is 0.409 e. The van der Waals surface area contributed by atoms with Gasteiger partial charge in [-0.3, -0.25) is 10.1 Å². The summed E-state index contributed by atoms with van der Waals surface area (Å²) in [6.45, 7) is 3.20. The van der Waals surface area contributed by atoms with Crippen LogP contribution in [0.3, 0.4) is 0 Å². The van der Waals surface area contributed by atoms with Crippen LogP contribution in [-0.2, 0) is 4.74 Å². The van der Waals surface area contributed by atoms with E-state index in [9.17, 15) is 14.4 Å². The van der Waals surface area contributed by atoms with Crippen molar-refractivity contribution in [1.29, 1.82) is 0 Å². The highest BCUT2D eigenvalue weighted by Gasteiger charge is 2.24. The van der Waals surface area contributed by atoms with Crippen LogP contribution in [0.2, 0.25) is 0 Å². The van der Waals surface area contributed by atoms with Crippen molar-refractivity contribution in [3.05, 3.63) is 22.5 Å². The number of aromatic nitrogens is 2. The predicted molar refractivity (Wildman–Crippen MR) is 78.6 cm³/mol. The molecule has 9 heteroatoms. The van der Waals surface area contributed by atoms with E-state index in [0.29, 0.717) is 32.5 Å². The average Bonchev–Trinajstić information content (AvgIpc) is 2.50. The molecule has 0 radical (unpaired) electrons. The third kappa shape index (κ3) is 4.47. The van der Waals surface area contributed by atoms with E-state index >= 15 is 0 Å². The lowest BCUT2D eigenvalue weighted by Gasteiger charge is -2.31. The van der Waals surface area contributed by atoms with Gasteiger partial charge in [0.15, 0.2) is 5.82 Å². The van der Waals surface area contributed by atoms with E-state index in [1.54, 1.807) is 11.8 Å². The summed E-state index contributed by atoms with van der Waals surface area (Å²) in [5.74, 6) is 0.265. The van der Waals surface area contributed by atoms with Gasteiger partial charge in [0, 0.05) is 25.2 Å². The zero-order valence-electron chi connectivity index (χ0n) is 12.3. The molecule has 2 heterocycles. The van der Waals surface area contributed by atoms with Crippen LogP contribution in [0.1, 0.15) is 19.8 Å². The number of urea groups is 1. The Morgan fingerprint density at radius 1 is 1.41 bits per heavy atom. The number of nitrogens with one attached hydrogen (secondary N) is 3. The molecule has 1 fully saturated rings. The first-order valence-electron chi connectivity index (χ1n) is 7.13. The number of carbonyl (C=O) groups excluding carboxylic acids is 2. The molecule has 0 spiro atoms. The number of likely N-dealkylation sites (tertiary alicyclic amines) is 1. The van der Waals surface area contributed by atoms with Gasteiger partial charge in [0.05, 0.1) is 6.61 Å². The Morgan fingerprint density at radius 2 is 2.14 bits per heavy atom. The number of nitrogens with zero attached hydrogens (tertiary/aromatic N) is 2. The number of piperidine rings is 1. The van der Waals surface area contributed by atoms with Crippen LogP contribution < -0.4 is 16.2 Å². The lowest BCUT2D eigenvalue weighted by Crippen LogP contribution is -2.47. The first-order chi connectivity index (χ1) is 10.6. The van der Waals surface area contributed by atoms with Gasteiger partial charge in [0.2, 0.25) is 0 Å². The summed E-state index contributed by atoms with van der Waals surface area (Å²) in [4.78, 5) is 35.9. The SMILES string of the molecule is CCOC(=O)N1CCC(NC(=O)Nc2ccc(=O)[nH]n2)CC1. The molecule has 1 aromatic rings. The van der Waals surface area contributed by atoms with Crippen molar-refractivity contribution in [2.75, 3.05) is 25.0 Å². The summed E-state index contributed by atoms with van der Waals surface area (Å²) in [5.41, 5.74) is -0.336. The first kappa shape index (κ1) is 15.8.